The summed E-state index contributed by atoms with van der Waals surface area (Å²) in [5.74, 6) is -0.796. The van der Waals surface area contributed by atoms with Crippen molar-refractivity contribution in [3.05, 3.63) is 23.8 Å². The van der Waals surface area contributed by atoms with E-state index in [-0.39, 0.29) is 12.1 Å². The van der Waals surface area contributed by atoms with Gasteiger partial charge in [0.2, 0.25) is 0 Å². The molecular weight excluding hydrogens is 344 g/mol. The summed E-state index contributed by atoms with van der Waals surface area (Å²) in [6.45, 7) is 1.72. The van der Waals surface area contributed by atoms with Crippen molar-refractivity contribution in [3.63, 3.8) is 0 Å². The van der Waals surface area contributed by atoms with Crippen LogP contribution in [-0.4, -0.2) is 64.9 Å². The van der Waals surface area contributed by atoms with E-state index < -0.39 is 23.9 Å². The Morgan fingerprint density at radius 3 is 2.15 bits per heavy atom. The number of carbonyl (C=O) groups is 3. The molecule has 0 aromatic heterocycles. The first kappa shape index (κ1) is 21.2. The molecule has 9 heteroatoms. The fourth-order valence-corrected chi connectivity index (χ4v) is 1.91. The van der Waals surface area contributed by atoms with Gasteiger partial charge >= 0.3 is 5.97 Å². The van der Waals surface area contributed by atoms with E-state index in [0.717, 1.165) is 0 Å². The number of methoxy groups -OCH3 is 3. The molecule has 144 valence electrons. The molecular formula is C17H24N2O7. The highest BCUT2D eigenvalue weighted by atomic mass is 16.5. The van der Waals surface area contributed by atoms with Crippen molar-refractivity contribution in [3.8, 4) is 11.5 Å². The maximum absolute atomic E-state index is 12.2. The molecule has 0 aliphatic carbocycles. The summed E-state index contributed by atoms with van der Waals surface area (Å²) >= 11 is 0. The molecule has 2 N–H and O–H groups in total. The Balaban J connectivity index is 2.51. The minimum absolute atomic E-state index is 0.263. The van der Waals surface area contributed by atoms with E-state index >= 15 is 0 Å². The fraction of sp³-hybridized carbons (Fsp3) is 0.471. The number of hydrogen-bond donors (Lipinski definition) is 2. The summed E-state index contributed by atoms with van der Waals surface area (Å²) in [7, 11) is 4.44. The van der Waals surface area contributed by atoms with Gasteiger partial charge in [-0.3, -0.25) is 14.4 Å². The highest BCUT2D eigenvalue weighted by Gasteiger charge is 2.18. The lowest BCUT2D eigenvalue weighted by Gasteiger charge is -2.14. The molecule has 0 unspecified atom stereocenters. The second-order valence-electron chi connectivity index (χ2n) is 5.20. The molecule has 0 aliphatic rings. The minimum atomic E-state index is -0.979. The molecule has 0 bridgehead atoms. The zero-order valence-electron chi connectivity index (χ0n) is 15.3. The predicted octanol–water partition coefficient (Wildman–Crippen LogP) is 0.128. The number of nitrogens with one attached hydrogen (secondary N) is 2. The smallest absolute Gasteiger partial charge is 0.326 e. The van der Waals surface area contributed by atoms with E-state index in [1.165, 1.54) is 40.4 Å². The van der Waals surface area contributed by atoms with E-state index in [0.29, 0.717) is 24.7 Å². The maximum atomic E-state index is 12.2. The van der Waals surface area contributed by atoms with Crippen molar-refractivity contribution in [1.29, 1.82) is 0 Å². The molecule has 1 aromatic rings. The Kier molecular flexibility index (Phi) is 8.93. The average Bonchev–Trinajstić information content (AvgIpc) is 2.65. The molecule has 2 amide bonds. The van der Waals surface area contributed by atoms with Crippen LogP contribution in [0.5, 0.6) is 11.5 Å². The lowest BCUT2D eigenvalue weighted by molar-refractivity contribution is -0.153. The summed E-state index contributed by atoms with van der Waals surface area (Å²) < 4.78 is 19.9. The van der Waals surface area contributed by atoms with Crippen LogP contribution in [0, 0.1) is 0 Å². The molecule has 1 atom stereocenters. The summed E-state index contributed by atoms with van der Waals surface area (Å²) in [6.07, 6.45) is -0.979. The van der Waals surface area contributed by atoms with Gasteiger partial charge in [-0.25, -0.2) is 0 Å². The van der Waals surface area contributed by atoms with Crippen LogP contribution < -0.4 is 20.1 Å². The van der Waals surface area contributed by atoms with Gasteiger partial charge in [0.05, 0.1) is 20.8 Å². The predicted molar refractivity (Wildman–Crippen MR) is 92.3 cm³/mol. The van der Waals surface area contributed by atoms with Crippen molar-refractivity contribution < 1.29 is 33.3 Å². The molecule has 1 rings (SSSR count). The third kappa shape index (κ3) is 6.98. The molecule has 0 aliphatic heterocycles. The van der Waals surface area contributed by atoms with Crippen LogP contribution in [0.1, 0.15) is 17.3 Å². The molecule has 0 heterocycles. The van der Waals surface area contributed by atoms with E-state index in [4.69, 9.17) is 18.9 Å². The monoisotopic (exact) mass is 368 g/mol. The number of amides is 2. The first-order chi connectivity index (χ1) is 12.4. The highest BCUT2D eigenvalue weighted by molar-refractivity contribution is 5.96. The van der Waals surface area contributed by atoms with Crippen molar-refractivity contribution in [1.82, 2.24) is 10.6 Å². The van der Waals surface area contributed by atoms with E-state index in [1.54, 1.807) is 6.07 Å². The van der Waals surface area contributed by atoms with Gasteiger partial charge in [-0.2, -0.15) is 0 Å². The van der Waals surface area contributed by atoms with Crippen LogP contribution in [0.15, 0.2) is 18.2 Å². The average molecular weight is 368 g/mol. The summed E-state index contributed by atoms with van der Waals surface area (Å²) in [4.78, 5) is 35.6. The second kappa shape index (κ2) is 10.9. The molecule has 0 saturated carbocycles. The third-order valence-corrected chi connectivity index (χ3v) is 3.29. The molecule has 9 nitrogen and oxygen atoms in total. The zero-order chi connectivity index (χ0) is 19.5. The van der Waals surface area contributed by atoms with Crippen LogP contribution in [0.4, 0.5) is 0 Å². The van der Waals surface area contributed by atoms with E-state index in [9.17, 15) is 14.4 Å². The van der Waals surface area contributed by atoms with Crippen molar-refractivity contribution in [2.45, 2.75) is 13.0 Å². The molecule has 0 saturated heterocycles. The van der Waals surface area contributed by atoms with Gasteiger partial charge in [0.25, 0.3) is 11.8 Å². The van der Waals surface area contributed by atoms with Gasteiger partial charge < -0.3 is 29.6 Å². The minimum Gasteiger partial charge on any atom is -0.497 e. The molecule has 26 heavy (non-hydrogen) atoms. The zero-order valence-corrected chi connectivity index (χ0v) is 15.3. The Morgan fingerprint density at radius 2 is 1.62 bits per heavy atom. The highest BCUT2D eigenvalue weighted by Crippen LogP contribution is 2.22. The molecule has 0 fully saturated rings. The summed E-state index contributed by atoms with van der Waals surface area (Å²) in [6, 6.07) is 4.64. The lowest BCUT2D eigenvalue weighted by Crippen LogP contribution is -2.39. The van der Waals surface area contributed by atoms with Crippen LogP contribution in [0.3, 0.4) is 0 Å². The first-order valence-electron chi connectivity index (χ1n) is 7.88. The Bertz CT molecular complexity index is 611. The molecule has 1 aromatic carbocycles. The number of ether oxygens (including phenoxy) is 4. The standard InChI is InChI=1S/C17H24N2O7/c1-11(16(21)18-5-6-23-2)26-15(20)10-19-17(22)12-7-13(24-3)9-14(8-12)25-4/h7-9,11H,5-6,10H2,1-4H3,(H,18,21)(H,19,22)/t11-/m1/s1. The van der Waals surface area contributed by atoms with E-state index in [2.05, 4.69) is 10.6 Å². The van der Waals surface area contributed by atoms with Crippen molar-refractivity contribution in [2.24, 2.45) is 0 Å². The van der Waals surface area contributed by atoms with E-state index in [1.807, 2.05) is 0 Å². The number of rotatable bonds is 10. The number of esters is 1. The largest absolute Gasteiger partial charge is 0.497 e. The second-order valence-corrected chi connectivity index (χ2v) is 5.20. The fourth-order valence-electron chi connectivity index (χ4n) is 1.91. The maximum Gasteiger partial charge on any atom is 0.326 e. The van der Waals surface area contributed by atoms with Crippen LogP contribution in [-0.2, 0) is 19.1 Å². The van der Waals surface area contributed by atoms with Crippen molar-refractivity contribution in [2.75, 3.05) is 41.0 Å². The Labute approximate surface area is 151 Å². The topological polar surface area (TPSA) is 112 Å². The van der Waals surface area contributed by atoms with Gasteiger partial charge in [0.1, 0.15) is 18.0 Å². The van der Waals surface area contributed by atoms with Gasteiger partial charge in [-0.15, -0.1) is 0 Å². The van der Waals surface area contributed by atoms with Gasteiger partial charge in [-0.1, -0.05) is 0 Å². The first-order valence-corrected chi connectivity index (χ1v) is 7.88. The summed E-state index contributed by atoms with van der Waals surface area (Å²) in [5.41, 5.74) is 0.263. The molecule has 0 radical (unpaired) electrons. The quantitative estimate of drug-likeness (QED) is 0.446. The van der Waals surface area contributed by atoms with Gasteiger partial charge in [0, 0.05) is 25.3 Å². The van der Waals surface area contributed by atoms with Crippen LogP contribution >= 0.6 is 0 Å². The normalized spacial score (nSPS) is 11.2. The third-order valence-electron chi connectivity index (χ3n) is 3.29. The summed E-state index contributed by atoms with van der Waals surface area (Å²) in [5, 5.41) is 4.97. The SMILES string of the molecule is COCCNC(=O)[C@@H](C)OC(=O)CNC(=O)c1cc(OC)cc(OC)c1. The number of hydrogen-bond acceptors (Lipinski definition) is 7. The Morgan fingerprint density at radius 1 is 1.00 bits per heavy atom. The number of benzene rings is 1. The van der Waals surface area contributed by atoms with Gasteiger partial charge in [-0.05, 0) is 19.1 Å². The van der Waals surface area contributed by atoms with Crippen LogP contribution in [0.25, 0.3) is 0 Å². The van der Waals surface area contributed by atoms with Crippen LogP contribution in [0.2, 0.25) is 0 Å². The van der Waals surface area contributed by atoms with Crippen molar-refractivity contribution >= 4 is 17.8 Å². The lowest BCUT2D eigenvalue weighted by atomic mass is 10.2. The number of carbonyl (C=O) groups excluding carboxylic acids is 3. The molecule has 0 spiro atoms. The Hall–Kier alpha value is -2.81. The van der Waals surface area contributed by atoms with Gasteiger partial charge in [0.15, 0.2) is 6.10 Å².